The quantitative estimate of drug-likeness (QED) is 0.775. The molecule has 0 unspecified atom stereocenters. The summed E-state index contributed by atoms with van der Waals surface area (Å²) in [6, 6.07) is 13.7. The number of methoxy groups -OCH3 is 1. The summed E-state index contributed by atoms with van der Waals surface area (Å²) in [4.78, 5) is 17.4. The Labute approximate surface area is 150 Å². The lowest BCUT2D eigenvalue weighted by Gasteiger charge is -2.07. The van der Waals surface area contributed by atoms with Crippen LogP contribution in [-0.4, -0.2) is 52.1 Å². The molecular weight excluding hydrogens is 336 g/mol. The molecule has 0 saturated carbocycles. The average Bonchev–Trinajstić information content (AvgIpc) is 3.06. The fraction of sp³-hybridized carbons (Fsp3) is 0.167. The van der Waals surface area contributed by atoms with Crippen molar-refractivity contribution in [2.45, 2.75) is 0 Å². The summed E-state index contributed by atoms with van der Waals surface area (Å²) in [7, 11) is 4.73. The minimum atomic E-state index is -0.575. The Hall–Kier alpha value is -3.55. The van der Waals surface area contributed by atoms with E-state index >= 15 is 0 Å². The van der Waals surface area contributed by atoms with Crippen molar-refractivity contribution >= 4 is 6.09 Å². The van der Waals surface area contributed by atoms with Gasteiger partial charge in [0.25, 0.3) is 0 Å². The Morgan fingerprint density at radius 1 is 1.08 bits per heavy atom. The number of carbonyl (C=O) groups is 1. The molecule has 3 aromatic rings. The molecule has 3 rings (SSSR count). The zero-order valence-electron chi connectivity index (χ0n) is 14.6. The van der Waals surface area contributed by atoms with Gasteiger partial charge in [-0.15, -0.1) is 5.10 Å². The molecule has 26 heavy (non-hydrogen) atoms. The first kappa shape index (κ1) is 17.3. The topological polar surface area (TPSA) is 89.7 Å². The van der Waals surface area contributed by atoms with Gasteiger partial charge >= 0.3 is 12.1 Å². The summed E-state index contributed by atoms with van der Waals surface area (Å²) in [5.41, 5.74) is 1.42. The van der Waals surface area contributed by atoms with Crippen LogP contribution in [0.5, 0.6) is 17.5 Å². The van der Waals surface area contributed by atoms with E-state index in [-0.39, 0.29) is 11.8 Å². The van der Waals surface area contributed by atoms with Crippen LogP contribution in [0.15, 0.2) is 48.5 Å². The van der Waals surface area contributed by atoms with E-state index in [0.29, 0.717) is 22.8 Å². The van der Waals surface area contributed by atoms with Crippen molar-refractivity contribution in [2.75, 3.05) is 21.2 Å². The largest absolute Gasteiger partial charge is 0.508 e. The second kappa shape index (κ2) is 7.14. The molecule has 0 saturated heterocycles. The van der Waals surface area contributed by atoms with Gasteiger partial charge in [0, 0.05) is 19.7 Å². The van der Waals surface area contributed by atoms with Crippen molar-refractivity contribution in [3.8, 4) is 34.6 Å². The highest BCUT2D eigenvalue weighted by Gasteiger charge is 2.18. The van der Waals surface area contributed by atoms with Gasteiger partial charge in [0.05, 0.1) is 12.8 Å². The predicted molar refractivity (Wildman–Crippen MR) is 94.7 cm³/mol. The van der Waals surface area contributed by atoms with Gasteiger partial charge in [0.15, 0.2) is 5.82 Å². The molecule has 1 N–H and O–H groups in total. The van der Waals surface area contributed by atoms with Crippen molar-refractivity contribution in [3.05, 3.63) is 48.5 Å². The molecule has 0 aliphatic rings. The van der Waals surface area contributed by atoms with Crippen LogP contribution in [0.2, 0.25) is 0 Å². The van der Waals surface area contributed by atoms with Crippen molar-refractivity contribution in [1.82, 2.24) is 19.7 Å². The highest BCUT2D eigenvalue weighted by molar-refractivity contribution is 5.69. The number of phenols is 1. The van der Waals surface area contributed by atoms with E-state index in [1.807, 2.05) is 12.1 Å². The molecule has 0 radical (unpaired) electrons. The average molecular weight is 354 g/mol. The molecule has 0 atom stereocenters. The fourth-order valence-corrected chi connectivity index (χ4v) is 2.21. The number of hydrogen-bond donors (Lipinski definition) is 1. The van der Waals surface area contributed by atoms with Crippen LogP contribution in [0.4, 0.5) is 4.79 Å². The number of nitrogens with zero attached hydrogens (tertiary/aromatic N) is 4. The second-order valence-corrected chi connectivity index (χ2v) is 5.64. The maximum atomic E-state index is 11.8. The van der Waals surface area contributed by atoms with E-state index in [1.165, 1.54) is 4.90 Å². The Morgan fingerprint density at radius 2 is 1.73 bits per heavy atom. The van der Waals surface area contributed by atoms with E-state index in [2.05, 4.69) is 10.1 Å². The molecule has 2 aromatic carbocycles. The Morgan fingerprint density at radius 3 is 2.31 bits per heavy atom. The SMILES string of the molecule is COc1ccc(-n2nc(OC(=O)N(C)C)nc2-c2ccc(O)cc2)cc1. The van der Waals surface area contributed by atoms with Gasteiger partial charge in [-0.3, -0.25) is 0 Å². The molecule has 1 aromatic heterocycles. The maximum absolute atomic E-state index is 11.8. The molecule has 8 nitrogen and oxygen atoms in total. The first-order valence-corrected chi connectivity index (χ1v) is 7.78. The van der Waals surface area contributed by atoms with Gasteiger partial charge in [-0.1, -0.05) is 0 Å². The molecule has 0 fully saturated rings. The Bertz CT molecular complexity index is 902. The molecule has 0 spiro atoms. The lowest BCUT2D eigenvalue weighted by molar-refractivity contribution is 0.168. The molecule has 1 amide bonds. The Balaban J connectivity index is 2.05. The van der Waals surface area contributed by atoms with Gasteiger partial charge in [-0.05, 0) is 48.5 Å². The van der Waals surface area contributed by atoms with Crippen LogP contribution in [0.1, 0.15) is 0 Å². The summed E-state index contributed by atoms with van der Waals surface area (Å²) >= 11 is 0. The third-order valence-corrected chi connectivity index (χ3v) is 3.57. The molecule has 0 bridgehead atoms. The van der Waals surface area contributed by atoms with Crippen LogP contribution in [0.3, 0.4) is 0 Å². The highest BCUT2D eigenvalue weighted by Crippen LogP contribution is 2.26. The van der Waals surface area contributed by atoms with E-state index in [1.54, 1.807) is 62.3 Å². The highest BCUT2D eigenvalue weighted by atomic mass is 16.6. The van der Waals surface area contributed by atoms with E-state index in [4.69, 9.17) is 9.47 Å². The molecule has 0 aliphatic carbocycles. The lowest BCUT2D eigenvalue weighted by atomic mass is 10.2. The van der Waals surface area contributed by atoms with Gasteiger partial charge in [-0.2, -0.15) is 4.98 Å². The number of aromatic nitrogens is 3. The Kier molecular flexibility index (Phi) is 4.74. The van der Waals surface area contributed by atoms with Gasteiger partial charge in [0.2, 0.25) is 0 Å². The number of carbonyl (C=O) groups excluding carboxylic acids is 1. The van der Waals surface area contributed by atoms with Crippen molar-refractivity contribution in [2.24, 2.45) is 0 Å². The minimum Gasteiger partial charge on any atom is -0.508 e. The van der Waals surface area contributed by atoms with Crippen molar-refractivity contribution < 1.29 is 19.4 Å². The van der Waals surface area contributed by atoms with Crippen LogP contribution < -0.4 is 9.47 Å². The van der Waals surface area contributed by atoms with E-state index in [9.17, 15) is 9.90 Å². The predicted octanol–water partition coefficient (Wildman–Crippen LogP) is 2.71. The molecular formula is C18H18N4O4. The van der Waals surface area contributed by atoms with Gasteiger partial charge in [-0.25, -0.2) is 9.48 Å². The number of rotatable bonds is 4. The van der Waals surface area contributed by atoms with E-state index in [0.717, 1.165) is 0 Å². The first-order valence-electron chi connectivity index (χ1n) is 7.78. The number of hydrogen-bond acceptors (Lipinski definition) is 6. The van der Waals surface area contributed by atoms with E-state index < -0.39 is 6.09 Å². The molecule has 0 aliphatic heterocycles. The number of ether oxygens (including phenoxy) is 2. The number of benzene rings is 2. The lowest BCUT2D eigenvalue weighted by Crippen LogP contribution is -2.25. The summed E-state index contributed by atoms with van der Waals surface area (Å²) in [6.07, 6.45) is -0.575. The number of phenolic OH excluding ortho intramolecular Hbond substituents is 1. The number of amides is 1. The maximum Gasteiger partial charge on any atom is 0.417 e. The van der Waals surface area contributed by atoms with Crippen molar-refractivity contribution in [1.29, 1.82) is 0 Å². The molecule has 8 heteroatoms. The second-order valence-electron chi connectivity index (χ2n) is 5.64. The third kappa shape index (κ3) is 3.59. The van der Waals surface area contributed by atoms with Crippen LogP contribution >= 0.6 is 0 Å². The van der Waals surface area contributed by atoms with Crippen molar-refractivity contribution in [3.63, 3.8) is 0 Å². The van der Waals surface area contributed by atoms with Gasteiger partial charge < -0.3 is 19.5 Å². The van der Waals surface area contributed by atoms with Crippen LogP contribution in [0, 0.1) is 0 Å². The number of aromatic hydroxyl groups is 1. The summed E-state index contributed by atoms with van der Waals surface area (Å²) in [5, 5.41) is 13.8. The summed E-state index contributed by atoms with van der Waals surface area (Å²) in [6.45, 7) is 0. The normalized spacial score (nSPS) is 10.4. The summed E-state index contributed by atoms with van der Waals surface area (Å²) < 4.78 is 11.9. The van der Waals surface area contributed by atoms with Crippen LogP contribution in [0.25, 0.3) is 17.1 Å². The standard InChI is InChI=1S/C18H18N4O4/c1-21(2)18(24)26-17-19-16(12-4-8-14(23)9-5-12)22(20-17)13-6-10-15(25-3)11-7-13/h4-11,23H,1-3H3. The van der Waals surface area contributed by atoms with Crippen LogP contribution in [-0.2, 0) is 0 Å². The summed E-state index contributed by atoms with van der Waals surface area (Å²) in [5.74, 6) is 1.32. The fourth-order valence-electron chi connectivity index (χ4n) is 2.21. The smallest absolute Gasteiger partial charge is 0.417 e. The molecule has 1 heterocycles. The first-order chi connectivity index (χ1) is 12.5. The zero-order valence-corrected chi connectivity index (χ0v) is 14.6. The monoisotopic (exact) mass is 354 g/mol. The third-order valence-electron chi connectivity index (χ3n) is 3.57. The van der Waals surface area contributed by atoms with Gasteiger partial charge in [0.1, 0.15) is 11.5 Å². The molecule has 134 valence electrons. The minimum absolute atomic E-state index is 0.0670. The zero-order chi connectivity index (χ0) is 18.7.